The zero-order valence-corrected chi connectivity index (χ0v) is 16.7. The molecule has 0 aliphatic carbocycles. The van der Waals surface area contributed by atoms with Crippen molar-refractivity contribution >= 4 is 17.7 Å². The number of benzene rings is 2. The molecule has 0 aliphatic rings. The van der Waals surface area contributed by atoms with Crippen molar-refractivity contribution in [1.82, 2.24) is 9.78 Å². The summed E-state index contributed by atoms with van der Waals surface area (Å²) >= 11 is 0. The number of anilines is 1. The smallest absolute Gasteiger partial charge is 0.266 e. The largest absolute Gasteiger partial charge is 0.321 e. The highest BCUT2D eigenvalue weighted by Gasteiger charge is 2.16. The van der Waals surface area contributed by atoms with E-state index in [1.807, 2.05) is 39.0 Å². The predicted octanol–water partition coefficient (Wildman–Crippen LogP) is 4.79. The molecule has 1 aromatic heterocycles. The van der Waals surface area contributed by atoms with Crippen molar-refractivity contribution in [2.75, 3.05) is 5.32 Å². The van der Waals surface area contributed by atoms with Crippen molar-refractivity contribution in [1.29, 1.82) is 5.26 Å². The van der Waals surface area contributed by atoms with E-state index in [-0.39, 0.29) is 11.4 Å². The van der Waals surface area contributed by atoms with Crippen LogP contribution in [0.15, 0.2) is 48.0 Å². The van der Waals surface area contributed by atoms with Gasteiger partial charge in [-0.05, 0) is 75.2 Å². The Morgan fingerprint density at radius 3 is 2.48 bits per heavy atom. The summed E-state index contributed by atoms with van der Waals surface area (Å²) in [5.74, 6) is -0.806. The Bertz CT molecular complexity index is 1150. The van der Waals surface area contributed by atoms with Crippen molar-refractivity contribution in [2.45, 2.75) is 27.7 Å². The van der Waals surface area contributed by atoms with Gasteiger partial charge in [0.05, 0.1) is 11.4 Å². The lowest BCUT2D eigenvalue weighted by Gasteiger charge is -2.10. The second kappa shape index (κ2) is 8.11. The number of nitrogens with one attached hydrogen (secondary N) is 1. The van der Waals surface area contributed by atoms with Crippen molar-refractivity contribution in [3.63, 3.8) is 0 Å². The number of halogens is 1. The molecule has 0 fully saturated rings. The van der Waals surface area contributed by atoms with Crippen LogP contribution in [-0.4, -0.2) is 15.7 Å². The van der Waals surface area contributed by atoms with Crippen LogP contribution in [0, 0.1) is 44.8 Å². The van der Waals surface area contributed by atoms with Crippen molar-refractivity contribution in [3.05, 3.63) is 81.9 Å². The van der Waals surface area contributed by atoms with Crippen molar-refractivity contribution < 1.29 is 9.18 Å². The van der Waals surface area contributed by atoms with Crippen LogP contribution >= 0.6 is 0 Å². The quantitative estimate of drug-likeness (QED) is 0.516. The Balaban J connectivity index is 1.95. The highest BCUT2D eigenvalue weighted by Crippen LogP contribution is 2.22. The van der Waals surface area contributed by atoms with Gasteiger partial charge >= 0.3 is 0 Å². The monoisotopic (exact) mass is 388 g/mol. The molecule has 0 radical (unpaired) electrons. The van der Waals surface area contributed by atoms with Crippen LogP contribution in [0.1, 0.15) is 28.1 Å². The van der Waals surface area contributed by atoms with E-state index in [2.05, 4.69) is 10.4 Å². The number of carbonyl (C=O) groups is 1. The van der Waals surface area contributed by atoms with Gasteiger partial charge in [0.15, 0.2) is 0 Å². The van der Waals surface area contributed by atoms with E-state index in [0.29, 0.717) is 22.6 Å². The topological polar surface area (TPSA) is 70.7 Å². The van der Waals surface area contributed by atoms with Crippen LogP contribution in [-0.2, 0) is 4.79 Å². The average molecular weight is 388 g/mol. The molecule has 6 heteroatoms. The number of hydrogen-bond donors (Lipinski definition) is 1. The molecule has 146 valence electrons. The highest BCUT2D eigenvalue weighted by atomic mass is 19.1. The fourth-order valence-electron chi connectivity index (χ4n) is 3.07. The second-order valence-electron chi connectivity index (χ2n) is 6.84. The van der Waals surface area contributed by atoms with Gasteiger partial charge < -0.3 is 5.32 Å². The highest BCUT2D eigenvalue weighted by molar-refractivity contribution is 6.10. The van der Waals surface area contributed by atoms with E-state index < -0.39 is 5.91 Å². The van der Waals surface area contributed by atoms with Gasteiger partial charge in [0.2, 0.25) is 0 Å². The minimum atomic E-state index is -0.477. The van der Waals surface area contributed by atoms with E-state index in [1.165, 1.54) is 18.2 Å². The molecular formula is C23H21FN4O. The summed E-state index contributed by atoms with van der Waals surface area (Å²) in [7, 11) is 0. The molecule has 29 heavy (non-hydrogen) atoms. The molecule has 3 rings (SSSR count). The Kier molecular flexibility index (Phi) is 5.60. The number of aryl methyl sites for hydroxylation is 2. The van der Waals surface area contributed by atoms with Gasteiger partial charge in [0.25, 0.3) is 5.91 Å². The van der Waals surface area contributed by atoms with Crippen LogP contribution in [0.2, 0.25) is 0 Å². The minimum Gasteiger partial charge on any atom is -0.321 e. The predicted molar refractivity (Wildman–Crippen MR) is 111 cm³/mol. The van der Waals surface area contributed by atoms with Crippen LogP contribution in [0.25, 0.3) is 11.8 Å². The van der Waals surface area contributed by atoms with Gasteiger partial charge in [-0.2, -0.15) is 10.4 Å². The first-order chi connectivity index (χ1) is 13.8. The zero-order chi connectivity index (χ0) is 21.1. The molecule has 0 atom stereocenters. The number of rotatable bonds is 4. The summed E-state index contributed by atoms with van der Waals surface area (Å²) in [5.41, 5.74) is 5.46. The third-order valence-corrected chi connectivity index (χ3v) is 4.93. The maximum atomic E-state index is 13.2. The van der Waals surface area contributed by atoms with Crippen LogP contribution in [0.4, 0.5) is 10.1 Å². The number of nitrogens with zero attached hydrogens (tertiary/aromatic N) is 3. The SMILES string of the molecule is Cc1cccc(NC(=O)/C(C#N)=C/c2c(C)nn(-c3ccc(F)cc3)c2C)c1C. The van der Waals surface area contributed by atoms with E-state index in [0.717, 1.165) is 16.8 Å². The summed E-state index contributed by atoms with van der Waals surface area (Å²) in [5, 5.41) is 16.8. The van der Waals surface area contributed by atoms with Gasteiger partial charge in [-0.25, -0.2) is 9.07 Å². The lowest BCUT2D eigenvalue weighted by atomic mass is 10.1. The second-order valence-corrected chi connectivity index (χ2v) is 6.84. The number of hydrogen-bond acceptors (Lipinski definition) is 3. The lowest BCUT2D eigenvalue weighted by Crippen LogP contribution is -2.14. The van der Waals surface area contributed by atoms with Gasteiger partial charge in [0.1, 0.15) is 17.5 Å². The first-order valence-corrected chi connectivity index (χ1v) is 9.13. The Labute approximate surface area is 169 Å². The third-order valence-electron chi connectivity index (χ3n) is 4.93. The van der Waals surface area contributed by atoms with E-state index in [1.54, 1.807) is 29.8 Å². The summed E-state index contributed by atoms with van der Waals surface area (Å²) < 4.78 is 14.9. The van der Waals surface area contributed by atoms with Gasteiger partial charge in [-0.1, -0.05) is 12.1 Å². The molecule has 0 spiro atoms. The zero-order valence-electron chi connectivity index (χ0n) is 16.7. The number of aromatic nitrogens is 2. The number of carbonyl (C=O) groups excluding carboxylic acids is 1. The van der Waals surface area contributed by atoms with Gasteiger partial charge in [-0.15, -0.1) is 0 Å². The summed E-state index contributed by atoms with van der Waals surface area (Å²) in [4.78, 5) is 12.7. The maximum absolute atomic E-state index is 13.2. The molecule has 3 aromatic rings. The van der Waals surface area contributed by atoms with Crippen molar-refractivity contribution in [2.24, 2.45) is 0 Å². The molecule has 2 aromatic carbocycles. The van der Waals surface area contributed by atoms with Crippen LogP contribution in [0.5, 0.6) is 0 Å². The fourth-order valence-corrected chi connectivity index (χ4v) is 3.07. The molecule has 1 heterocycles. The molecule has 5 nitrogen and oxygen atoms in total. The molecule has 0 aliphatic heterocycles. The summed E-state index contributed by atoms with van der Waals surface area (Å²) in [6, 6.07) is 13.6. The Morgan fingerprint density at radius 1 is 1.14 bits per heavy atom. The van der Waals surface area contributed by atoms with E-state index >= 15 is 0 Å². The fraction of sp³-hybridized carbons (Fsp3) is 0.174. The van der Waals surface area contributed by atoms with E-state index in [4.69, 9.17) is 0 Å². The molecule has 0 unspecified atom stereocenters. The first kappa shape index (κ1) is 20.0. The van der Waals surface area contributed by atoms with Crippen LogP contribution < -0.4 is 5.32 Å². The minimum absolute atomic E-state index is 0.0178. The van der Waals surface area contributed by atoms with Crippen LogP contribution in [0.3, 0.4) is 0 Å². The van der Waals surface area contributed by atoms with E-state index in [9.17, 15) is 14.4 Å². The lowest BCUT2D eigenvalue weighted by molar-refractivity contribution is -0.112. The third kappa shape index (κ3) is 4.09. The number of amides is 1. The normalized spacial score (nSPS) is 11.2. The summed E-state index contributed by atoms with van der Waals surface area (Å²) in [6.45, 7) is 7.52. The number of nitriles is 1. The Morgan fingerprint density at radius 2 is 1.83 bits per heavy atom. The standard InChI is InChI=1S/C23H21FN4O/c1-14-6-5-7-22(15(14)2)26-23(29)18(13-25)12-21-16(3)27-28(17(21)4)20-10-8-19(24)9-11-20/h5-12H,1-4H3,(H,26,29)/b18-12+. The maximum Gasteiger partial charge on any atom is 0.266 e. The first-order valence-electron chi connectivity index (χ1n) is 9.13. The summed E-state index contributed by atoms with van der Waals surface area (Å²) in [6.07, 6.45) is 1.54. The Hall–Kier alpha value is -3.72. The van der Waals surface area contributed by atoms with Crippen molar-refractivity contribution in [3.8, 4) is 11.8 Å². The molecular weight excluding hydrogens is 367 g/mol. The molecule has 0 saturated carbocycles. The van der Waals surface area contributed by atoms with Gasteiger partial charge in [-0.3, -0.25) is 4.79 Å². The molecule has 1 N–H and O–H groups in total. The molecule has 0 bridgehead atoms. The molecule has 1 amide bonds. The average Bonchev–Trinajstić information content (AvgIpc) is 2.97. The molecule has 0 saturated heterocycles. The van der Waals surface area contributed by atoms with Gasteiger partial charge in [0, 0.05) is 16.9 Å².